The van der Waals surface area contributed by atoms with Crippen LogP contribution < -0.4 is 27.0 Å². The molecule has 0 fully saturated rings. The summed E-state index contributed by atoms with van der Waals surface area (Å²) in [6.45, 7) is 10.9. The highest BCUT2D eigenvalue weighted by Gasteiger charge is 2.10. The third-order valence-electron chi connectivity index (χ3n) is 4.00. The van der Waals surface area contributed by atoms with E-state index in [0.717, 1.165) is 0 Å². The van der Waals surface area contributed by atoms with Crippen molar-refractivity contribution in [3.8, 4) is 0 Å². The Morgan fingerprint density at radius 2 is 1.82 bits per heavy atom. The molecule has 1 heterocycles. The molecule has 0 unspecified atom stereocenters. The van der Waals surface area contributed by atoms with E-state index in [1.165, 1.54) is 0 Å². The second kappa shape index (κ2) is 14.7. The number of amides is 1. The average Bonchev–Trinajstić information content (AvgIpc) is 2.79. The Morgan fingerprint density at radius 3 is 2.55 bits per heavy atom. The number of anilines is 4. The van der Waals surface area contributed by atoms with Crippen molar-refractivity contribution in [2.45, 2.75) is 19.9 Å². The lowest BCUT2D eigenvalue weighted by Gasteiger charge is -2.13. The summed E-state index contributed by atoms with van der Waals surface area (Å²) in [5.41, 5.74) is 6.52. The molecule has 2 rings (SSSR count). The minimum absolute atomic E-state index is 0.155. The number of nitrogens with two attached hydrogens (primary N) is 1. The van der Waals surface area contributed by atoms with Gasteiger partial charge in [0.25, 0.3) is 5.91 Å². The molecule has 1 aromatic heterocycles. The normalized spacial score (nSPS) is 10.7. The molecule has 0 radical (unpaired) electrons. The number of carbonyl (C=O) groups is 1. The highest BCUT2D eigenvalue weighted by molar-refractivity contribution is 5.95. The van der Waals surface area contributed by atoms with Gasteiger partial charge in [-0.2, -0.15) is 15.0 Å². The van der Waals surface area contributed by atoms with Crippen molar-refractivity contribution < 1.29 is 14.3 Å². The molecular formula is C22H34N8O3. The SMILES string of the molecule is C=CCNc1nc(Nc2cccc(C(=O)NCCOCCOCCN)c2)nc(NC(C)C)n1. The summed E-state index contributed by atoms with van der Waals surface area (Å²) in [6.07, 6.45) is 1.72. The number of nitrogens with zero attached hydrogens (tertiary/aromatic N) is 3. The van der Waals surface area contributed by atoms with Crippen LogP contribution in [0.1, 0.15) is 24.2 Å². The molecule has 1 amide bonds. The first-order valence-electron chi connectivity index (χ1n) is 10.9. The quantitative estimate of drug-likeness (QED) is 0.186. The predicted octanol–water partition coefficient (Wildman–Crippen LogP) is 1.76. The van der Waals surface area contributed by atoms with Crippen molar-refractivity contribution >= 4 is 29.4 Å². The maximum absolute atomic E-state index is 12.5. The molecule has 0 saturated heterocycles. The number of hydrogen-bond donors (Lipinski definition) is 5. The van der Waals surface area contributed by atoms with Gasteiger partial charge in [-0.1, -0.05) is 12.1 Å². The van der Waals surface area contributed by atoms with Crippen LogP contribution in [-0.4, -0.2) is 73.0 Å². The van der Waals surface area contributed by atoms with Crippen LogP contribution in [0.4, 0.5) is 23.5 Å². The van der Waals surface area contributed by atoms with Crippen molar-refractivity contribution in [1.29, 1.82) is 0 Å². The van der Waals surface area contributed by atoms with Crippen LogP contribution in [0.5, 0.6) is 0 Å². The van der Waals surface area contributed by atoms with E-state index >= 15 is 0 Å². The third kappa shape index (κ3) is 10.3. The molecule has 33 heavy (non-hydrogen) atoms. The molecule has 2 aromatic rings. The molecule has 0 atom stereocenters. The van der Waals surface area contributed by atoms with Gasteiger partial charge >= 0.3 is 0 Å². The predicted molar refractivity (Wildman–Crippen MR) is 130 cm³/mol. The summed E-state index contributed by atoms with van der Waals surface area (Å²) < 4.78 is 10.6. The Balaban J connectivity index is 1.94. The van der Waals surface area contributed by atoms with E-state index in [1.54, 1.807) is 24.3 Å². The van der Waals surface area contributed by atoms with Crippen LogP contribution in [-0.2, 0) is 9.47 Å². The van der Waals surface area contributed by atoms with Gasteiger partial charge in [-0.15, -0.1) is 6.58 Å². The lowest BCUT2D eigenvalue weighted by Crippen LogP contribution is -2.27. The van der Waals surface area contributed by atoms with Gasteiger partial charge in [-0.3, -0.25) is 4.79 Å². The molecular weight excluding hydrogens is 424 g/mol. The van der Waals surface area contributed by atoms with E-state index in [1.807, 2.05) is 19.9 Å². The van der Waals surface area contributed by atoms with Crippen molar-refractivity contribution in [2.75, 3.05) is 62.0 Å². The smallest absolute Gasteiger partial charge is 0.251 e. The van der Waals surface area contributed by atoms with E-state index in [-0.39, 0.29) is 11.9 Å². The van der Waals surface area contributed by atoms with Crippen molar-refractivity contribution in [3.05, 3.63) is 42.5 Å². The van der Waals surface area contributed by atoms with Gasteiger partial charge in [0.2, 0.25) is 17.8 Å². The Kier molecular flexibility index (Phi) is 11.6. The fourth-order valence-electron chi connectivity index (χ4n) is 2.61. The topological polar surface area (TPSA) is 148 Å². The zero-order valence-corrected chi connectivity index (χ0v) is 19.3. The number of nitrogens with one attached hydrogen (secondary N) is 4. The van der Waals surface area contributed by atoms with Gasteiger partial charge in [0, 0.05) is 36.9 Å². The third-order valence-corrected chi connectivity index (χ3v) is 4.00. The first-order chi connectivity index (χ1) is 16.0. The largest absolute Gasteiger partial charge is 0.378 e. The van der Waals surface area contributed by atoms with Crippen molar-refractivity contribution in [1.82, 2.24) is 20.3 Å². The van der Waals surface area contributed by atoms with Gasteiger partial charge in [0.1, 0.15) is 0 Å². The molecule has 0 aliphatic carbocycles. The van der Waals surface area contributed by atoms with Gasteiger partial charge in [0.15, 0.2) is 0 Å². The minimum Gasteiger partial charge on any atom is -0.378 e. The highest BCUT2D eigenvalue weighted by Crippen LogP contribution is 2.17. The van der Waals surface area contributed by atoms with E-state index < -0.39 is 0 Å². The molecule has 11 nitrogen and oxygen atoms in total. The zero-order valence-electron chi connectivity index (χ0n) is 19.3. The summed E-state index contributed by atoms with van der Waals surface area (Å²) in [7, 11) is 0. The summed E-state index contributed by atoms with van der Waals surface area (Å²) in [6, 6.07) is 7.23. The second-order valence-electron chi connectivity index (χ2n) is 7.25. The fourth-order valence-corrected chi connectivity index (χ4v) is 2.61. The first-order valence-corrected chi connectivity index (χ1v) is 10.9. The maximum Gasteiger partial charge on any atom is 0.251 e. The Hall–Kier alpha value is -3.28. The van der Waals surface area contributed by atoms with E-state index in [4.69, 9.17) is 15.2 Å². The molecule has 0 saturated carbocycles. The summed E-state index contributed by atoms with van der Waals surface area (Å²) in [5, 5.41) is 12.2. The summed E-state index contributed by atoms with van der Waals surface area (Å²) >= 11 is 0. The molecule has 0 spiro atoms. The van der Waals surface area contributed by atoms with Gasteiger partial charge in [0.05, 0.1) is 26.4 Å². The molecule has 6 N–H and O–H groups in total. The number of rotatable bonds is 16. The Morgan fingerprint density at radius 1 is 1.09 bits per heavy atom. The van der Waals surface area contributed by atoms with E-state index in [9.17, 15) is 4.79 Å². The van der Waals surface area contributed by atoms with Gasteiger partial charge in [-0.05, 0) is 32.0 Å². The van der Waals surface area contributed by atoms with E-state index in [0.29, 0.717) is 75.2 Å². The molecule has 180 valence electrons. The van der Waals surface area contributed by atoms with Crippen LogP contribution in [0.25, 0.3) is 0 Å². The lowest BCUT2D eigenvalue weighted by atomic mass is 10.2. The maximum atomic E-state index is 12.5. The summed E-state index contributed by atoms with van der Waals surface area (Å²) in [4.78, 5) is 25.6. The first kappa shape index (κ1) is 26.0. The molecule has 0 aliphatic rings. The molecule has 0 aliphatic heterocycles. The Labute approximate surface area is 194 Å². The number of ether oxygens (including phenoxy) is 2. The lowest BCUT2D eigenvalue weighted by molar-refractivity contribution is 0.0511. The molecule has 11 heteroatoms. The van der Waals surface area contributed by atoms with Crippen molar-refractivity contribution in [3.63, 3.8) is 0 Å². The standard InChI is InChI=1S/C22H34N8O3/c1-4-9-25-20-28-21(26-16(2)3)30-22(29-20)27-18-7-5-6-17(15-18)19(31)24-10-12-33-14-13-32-11-8-23/h4-7,15-16H,1,8-14,23H2,2-3H3,(H,24,31)(H3,25,26,27,28,29,30). The fraction of sp³-hybridized carbons (Fsp3) is 0.455. The number of carbonyl (C=O) groups excluding carboxylic acids is 1. The number of hydrogen-bond acceptors (Lipinski definition) is 10. The van der Waals surface area contributed by atoms with Crippen molar-refractivity contribution in [2.24, 2.45) is 5.73 Å². The Bertz CT molecular complexity index is 878. The zero-order chi connectivity index (χ0) is 23.9. The van der Waals surface area contributed by atoms with Crippen LogP contribution >= 0.6 is 0 Å². The monoisotopic (exact) mass is 458 g/mol. The van der Waals surface area contributed by atoms with Gasteiger partial charge in [-0.25, -0.2) is 0 Å². The molecule has 0 bridgehead atoms. The van der Waals surface area contributed by atoms with Crippen LogP contribution in [0.3, 0.4) is 0 Å². The second-order valence-corrected chi connectivity index (χ2v) is 7.25. The number of benzene rings is 1. The van der Waals surface area contributed by atoms with Crippen LogP contribution in [0.2, 0.25) is 0 Å². The molecule has 1 aromatic carbocycles. The van der Waals surface area contributed by atoms with E-state index in [2.05, 4.69) is 42.8 Å². The highest BCUT2D eigenvalue weighted by atomic mass is 16.5. The van der Waals surface area contributed by atoms with Gasteiger partial charge < -0.3 is 36.5 Å². The average molecular weight is 459 g/mol. The van der Waals surface area contributed by atoms with Crippen LogP contribution in [0.15, 0.2) is 36.9 Å². The minimum atomic E-state index is -0.201. The summed E-state index contributed by atoms with van der Waals surface area (Å²) in [5.74, 6) is 1.00. The van der Waals surface area contributed by atoms with Crippen LogP contribution in [0, 0.1) is 0 Å². The number of aromatic nitrogens is 3.